The van der Waals surface area contributed by atoms with Crippen molar-refractivity contribution in [1.82, 2.24) is 9.55 Å². The topological polar surface area (TPSA) is 125 Å². The summed E-state index contributed by atoms with van der Waals surface area (Å²) >= 11 is 0. The van der Waals surface area contributed by atoms with Crippen LogP contribution < -0.4 is 20.9 Å². The van der Waals surface area contributed by atoms with E-state index >= 15 is 0 Å². The van der Waals surface area contributed by atoms with Crippen LogP contribution in [0.25, 0.3) is 22.2 Å². The van der Waals surface area contributed by atoms with Crippen molar-refractivity contribution in [3.63, 3.8) is 0 Å². The Hall–Kier alpha value is -3.72. The van der Waals surface area contributed by atoms with Crippen molar-refractivity contribution in [2.75, 3.05) is 21.9 Å². The molecule has 4 aromatic rings. The molecule has 1 aliphatic rings. The number of nitrogens with two attached hydrogens (primary N) is 2. The van der Waals surface area contributed by atoms with Gasteiger partial charge in [0.2, 0.25) is 15.9 Å². The first-order valence-corrected chi connectivity index (χ1v) is 13.4. The number of pyridine rings is 1. The Morgan fingerprint density at radius 3 is 2.54 bits per heavy atom. The number of hydrogen-bond donors (Lipinski definition) is 3. The molecule has 0 aliphatic heterocycles. The van der Waals surface area contributed by atoms with Crippen molar-refractivity contribution in [3.05, 3.63) is 60.8 Å². The second-order valence-corrected chi connectivity index (χ2v) is 10.7. The van der Waals surface area contributed by atoms with Gasteiger partial charge in [-0.05, 0) is 62.1 Å². The summed E-state index contributed by atoms with van der Waals surface area (Å²) in [6.45, 7) is 1.84. The molecule has 0 spiro atoms. The van der Waals surface area contributed by atoms with Crippen LogP contribution in [0.4, 0.5) is 17.1 Å². The number of nitrogens with one attached hydrogen (secondary N) is 1. The van der Waals surface area contributed by atoms with Gasteiger partial charge in [0.05, 0.1) is 28.3 Å². The number of sulfonamides is 1. The molecule has 0 amide bonds. The van der Waals surface area contributed by atoms with E-state index in [1.807, 2.05) is 37.3 Å². The molecule has 0 saturated heterocycles. The minimum absolute atomic E-state index is 0.0895. The first-order valence-electron chi connectivity index (χ1n) is 11.8. The van der Waals surface area contributed by atoms with E-state index in [9.17, 15) is 8.42 Å². The van der Waals surface area contributed by atoms with Crippen LogP contribution >= 0.6 is 0 Å². The molecule has 1 aliphatic carbocycles. The van der Waals surface area contributed by atoms with Crippen LogP contribution in [0.2, 0.25) is 0 Å². The van der Waals surface area contributed by atoms with Crippen LogP contribution in [0.5, 0.6) is 11.6 Å². The number of hydrogen-bond acceptors (Lipinski definition) is 6. The van der Waals surface area contributed by atoms with Gasteiger partial charge in [-0.3, -0.25) is 4.72 Å². The Morgan fingerprint density at radius 2 is 1.89 bits per heavy atom. The van der Waals surface area contributed by atoms with Crippen molar-refractivity contribution in [2.24, 2.45) is 0 Å². The predicted molar refractivity (Wildman–Crippen MR) is 141 cm³/mol. The van der Waals surface area contributed by atoms with Gasteiger partial charge in [0, 0.05) is 34.9 Å². The van der Waals surface area contributed by atoms with Crippen molar-refractivity contribution in [2.45, 2.75) is 38.6 Å². The average Bonchev–Trinajstić information content (AvgIpc) is 3.06. The average molecular weight is 492 g/mol. The van der Waals surface area contributed by atoms with E-state index in [1.54, 1.807) is 30.5 Å². The fourth-order valence-electron chi connectivity index (χ4n) is 4.49. The lowest BCUT2D eigenvalue weighted by Gasteiger charge is -2.30. The lowest BCUT2D eigenvalue weighted by Crippen LogP contribution is -2.18. The number of anilines is 3. The molecule has 9 heteroatoms. The highest BCUT2D eigenvalue weighted by atomic mass is 32.2. The maximum Gasteiger partial charge on any atom is 0.242 e. The SMILES string of the molecule is CCCS(=O)(=O)Nc1ccc(-c2c(N)c3ccc(Oc4ncccc4N)cc3n2C2CCC2)cc1. The van der Waals surface area contributed by atoms with Gasteiger partial charge >= 0.3 is 0 Å². The first-order chi connectivity index (χ1) is 16.9. The smallest absolute Gasteiger partial charge is 0.242 e. The van der Waals surface area contributed by atoms with E-state index in [-0.39, 0.29) is 5.75 Å². The molecule has 182 valence electrons. The lowest BCUT2D eigenvalue weighted by atomic mass is 9.92. The largest absolute Gasteiger partial charge is 0.437 e. The van der Waals surface area contributed by atoms with Crippen LogP contribution in [0.15, 0.2) is 60.8 Å². The number of benzene rings is 2. The molecule has 0 unspecified atom stereocenters. The molecular weight excluding hydrogens is 462 g/mol. The van der Waals surface area contributed by atoms with Crippen LogP contribution in [-0.4, -0.2) is 23.7 Å². The maximum atomic E-state index is 12.1. The third kappa shape index (κ3) is 4.51. The van der Waals surface area contributed by atoms with Gasteiger partial charge in [-0.15, -0.1) is 0 Å². The summed E-state index contributed by atoms with van der Waals surface area (Å²) in [5.74, 6) is 1.09. The molecule has 35 heavy (non-hydrogen) atoms. The van der Waals surface area contributed by atoms with Gasteiger partial charge in [-0.1, -0.05) is 19.1 Å². The molecule has 8 nitrogen and oxygen atoms in total. The Balaban J connectivity index is 1.55. The van der Waals surface area contributed by atoms with E-state index in [0.29, 0.717) is 41.2 Å². The molecule has 0 bridgehead atoms. The number of nitrogen functional groups attached to an aromatic ring is 2. The molecule has 1 fully saturated rings. The Labute approximate surface area is 205 Å². The zero-order valence-electron chi connectivity index (χ0n) is 19.6. The Bertz CT molecular complexity index is 1480. The highest BCUT2D eigenvalue weighted by Gasteiger charge is 2.27. The predicted octanol–water partition coefficient (Wildman–Crippen LogP) is 5.54. The molecule has 5 N–H and O–H groups in total. The first kappa shape index (κ1) is 23.0. The summed E-state index contributed by atoms with van der Waals surface area (Å²) in [4.78, 5) is 4.23. The van der Waals surface area contributed by atoms with Crippen LogP contribution in [0.3, 0.4) is 0 Å². The fourth-order valence-corrected chi connectivity index (χ4v) is 5.63. The highest BCUT2D eigenvalue weighted by Crippen LogP contribution is 2.45. The van der Waals surface area contributed by atoms with Gasteiger partial charge in [-0.2, -0.15) is 0 Å². The van der Waals surface area contributed by atoms with Gasteiger partial charge in [0.25, 0.3) is 0 Å². The summed E-state index contributed by atoms with van der Waals surface area (Å²) in [5.41, 5.74) is 17.2. The lowest BCUT2D eigenvalue weighted by molar-refractivity contribution is 0.324. The van der Waals surface area contributed by atoms with E-state index in [2.05, 4.69) is 14.3 Å². The van der Waals surface area contributed by atoms with Gasteiger partial charge in [0.15, 0.2) is 0 Å². The summed E-state index contributed by atoms with van der Waals surface area (Å²) in [7, 11) is -3.35. The van der Waals surface area contributed by atoms with E-state index < -0.39 is 10.0 Å². The zero-order chi connectivity index (χ0) is 24.6. The van der Waals surface area contributed by atoms with E-state index in [1.165, 1.54) is 6.42 Å². The molecule has 2 heterocycles. The Morgan fingerprint density at radius 1 is 1.11 bits per heavy atom. The van der Waals surface area contributed by atoms with Gasteiger partial charge in [0.1, 0.15) is 5.75 Å². The second-order valence-electron chi connectivity index (χ2n) is 8.89. The number of rotatable bonds is 8. The van der Waals surface area contributed by atoms with Crippen molar-refractivity contribution in [1.29, 1.82) is 0 Å². The maximum absolute atomic E-state index is 12.1. The zero-order valence-corrected chi connectivity index (χ0v) is 20.4. The summed E-state index contributed by atoms with van der Waals surface area (Å²) in [6.07, 6.45) is 5.52. The third-order valence-corrected chi connectivity index (χ3v) is 7.87. The van der Waals surface area contributed by atoms with Crippen LogP contribution in [0.1, 0.15) is 38.6 Å². The minimum atomic E-state index is -3.35. The Kier molecular flexibility index (Phi) is 6.02. The minimum Gasteiger partial charge on any atom is -0.437 e. The quantitative estimate of drug-likeness (QED) is 0.297. The molecule has 5 rings (SSSR count). The van der Waals surface area contributed by atoms with E-state index in [0.717, 1.165) is 35.0 Å². The number of aromatic nitrogens is 2. The molecule has 0 atom stereocenters. The van der Waals surface area contributed by atoms with Crippen LogP contribution in [-0.2, 0) is 10.0 Å². The van der Waals surface area contributed by atoms with Gasteiger partial charge in [-0.25, -0.2) is 13.4 Å². The monoisotopic (exact) mass is 491 g/mol. The highest BCUT2D eigenvalue weighted by molar-refractivity contribution is 7.92. The molecule has 1 saturated carbocycles. The number of fused-ring (bicyclic) bond motifs is 1. The normalized spacial score (nSPS) is 14.1. The van der Waals surface area contributed by atoms with Crippen molar-refractivity contribution >= 4 is 38.0 Å². The van der Waals surface area contributed by atoms with Crippen molar-refractivity contribution in [3.8, 4) is 22.9 Å². The number of nitrogens with zero attached hydrogens (tertiary/aromatic N) is 2. The van der Waals surface area contributed by atoms with E-state index in [4.69, 9.17) is 16.2 Å². The van der Waals surface area contributed by atoms with Crippen molar-refractivity contribution < 1.29 is 13.2 Å². The summed E-state index contributed by atoms with van der Waals surface area (Å²) < 4.78 is 35.2. The summed E-state index contributed by atoms with van der Waals surface area (Å²) in [6, 6.07) is 17.0. The number of ether oxygens (including phenoxy) is 1. The second kappa shape index (κ2) is 9.14. The molecule has 2 aromatic carbocycles. The summed E-state index contributed by atoms with van der Waals surface area (Å²) in [5, 5.41) is 0.945. The molecular formula is C26H29N5O3S. The fraction of sp³-hybridized carbons (Fsp3) is 0.269. The molecule has 2 aromatic heterocycles. The van der Waals surface area contributed by atoms with Crippen LogP contribution in [0, 0.1) is 0 Å². The third-order valence-electron chi connectivity index (χ3n) is 6.37. The molecule has 0 radical (unpaired) electrons. The van der Waals surface area contributed by atoms with Gasteiger partial charge < -0.3 is 20.8 Å². The standard InChI is InChI=1S/C26H29N5O3S/c1-2-15-35(32,33)30-18-10-8-17(9-11-18)25-24(28)21-13-12-20(34-26-22(27)7-4-14-29-26)16-23(21)31(25)19-5-3-6-19/h4,7-14,16,19,30H,2-3,5-6,15,27-28H2,1H3.